The summed E-state index contributed by atoms with van der Waals surface area (Å²) in [6.07, 6.45) is 0. The number of carbonyl (C=O) groups excluding carboxylic acids is 1. The predicted octanol–water partition coefficient (Wildman–Crippen LogP) is 3.47. The molecule has 0 fully saturated rings. The number of nitrogens with zero attached hydrogens (tertiary/aromatic N) is 1. The number of nitrogens with one attached hydrogen (secondary N) is 1. The SMILES string of the molecule is CC.CC(C)N1Cc2ccccc2NC1=O. The minimum Gasteiger partial charge on any atom is -0.318 e. The summed E-state index contributed by atoms with van der Waals surface area (Å²) in [5, 5.41) is 2.88. The summed E-state index contributed by atoms with van der Waals surface area (Å²) in [5.74, 6) is 0. The van der Waals surface area contributed by atoms with Crippen LogP contribution in [0.2, 0.25) is 0 Å². The first kappa shape index (κ1) is 12.6. The third kappa shape index (κ3) is 2.54. The predicted molar refractivity (Wildman–Crippen MR) is 67.5 cm³/mol. The Kier molecular flexibility index (Phi) is 4.35. The fourth-order valence-electron chi connectivity index (χ4n) is 1.64. The number of rotatable bonds is 1. The lowest BCUT2D eigenvalue weighted by atomic mass is 10.1. The van der Waals surface area contributed by atoms with Crippen molar-refractivity contribution >= 4 is 11.7 Å². The Labute approximate surface area is 97.5 Å². The van der Waals surface area contributed by atoms with Gasteiger partial charge in [0.25, 0.3) is 0 Å². The zero-order valence-corrected chi connectivity index (χ0v) is 10.4. The van der Waals surface area contributed by atoms with E-state index in [1.54, 1.807) is 0 Å². The van der Waals surface area contributed by atoms with Crippen LogP contribution in [0.15, 0.2) is 24.3 Å². The van der Waals surface area contributed by atoms with Crippen LogP contribution >= 0.6 is 0 Å². The van der Waals surface area contributed by atoms with E-state index in [9.17, 15) is 4.79 Å². The van der Waals surface area contributed by atoms with Crippen molar-refractivity contribution in [2.24, 2.45) is 0 Å². The highest BCUT2D eigenvalue weighted by molar-refractivity contribution is 5.92. The fraction of sp³-hybridized carbons (Fsp3) is 0.462. The Hall–Kier alpha value is -1.51. The van der Waals surface area contributed by atoms with Gasteiger partial charge in [-0.2, -0.15) is 0 Å². The molecule has 1 aromatic carbocycles. The Morgan fingerprint density at radius 1 is 1.25 bits per heavy atom. The van der Waals surface area contributed by atoms with Crippen molar-refractivity contribution in [3.63, 3.8) is 0 Å². The average molecular weight is 220 g/mol. The fourth-order valence-corrected chi connectivity index (χ4v) is 1.64. The second-order valence-electron chi connectivity index (χ2n) is 3.81. The first-order valence-corrected chi connectivity index (χ1v) is 5.84. The maximum atomic E-state index is 11.6. The van der Waals surface area contributed by atoms with Crippen LogP contribution in [0.4, 0.5) is 10.5 Å². The lowest BCUT2D eigenvalue weighted by Crippen LogP contribution is -2.42. The van der Waals surface area contributed by atoms with Gasteiger partial charge in [0.05, 0.1) is 0 Å². The smallest absolute Gasteiger partial charge is 0.318 e. The number of hydrogen-bond acceptors (Lipinski definition) is 1. The van der Waals surface area contributed by atoms with Crippen molar-refractivity contribution in [2.75, 3.05) is 5.32 Å². The number of benzene rings is 1. The molecule has 3 heteroatoms. The van der Waals surface area contributed by atoms with E-state index in [4.69, 9.17) is 0 Å². The molecular formula is C13H20N2O. The zero-order chi connectivity index (χ0) is 12.1. The number of hydrogen-bond donors (Lipinski definition) is 1. The first-order chi connectivity index (χ1) is 7.68. The van der Waals surface area contributed by atoms with E-state index >= 15 is 0 Å². The minimum absolute atomic E-state index is 0.00120. The summed E-state index contributed by atoms with van der Waals surface area (Å²) in [6, 6.07) is 8.15. The van der Waals surface area contributed by atoms with E-state index in [1.807, 2.05) is 56.9 Å². The van der Waals surface area contributed by atoms with Crippen LogP contribution in [0.25, 0.3) is 0 Å². The number of carbonyl (C=O) groups is 1. The van der Waals surface area contributed by atoms with Gasteiger partial charge < -0.3 is 10.2 Å². The highest BCUT2D eigenvalue weighted by atomic mass is 16.2. The molecule has 88 valence electrons. The summed E-state index contributed by atoms with van der Waals surface area (Å²) in [5.41, 5.74) is 2.12. The highest BCUT2D eigenvalue weighted by Gasteiger charge is 2.23. The Balaban J connectivity index is 0.000000606. The third-order valence-electron chi connectivity index (χ3n) is 2.48. The van der Waals surface area contributed by atoms with Crippen molar-refractivity contribution in [3.05, 3.63) is 29.8 Å². The second kappa shape index (κ2) is 5.54. The molecule has 0 unspecified atom stereocenters. The minimum atomic E-state index is -0.00120. The number of amides is 2. The monoisotopic (exact) mass is 220 g/mol. The molecule has 0 saturated carbocycles. The van der Waals surface area contributed by atoms with Gasteiger partial charge in [0.15, 0.2) is 0 Å². The molecule has 0 aromatic heterocycles. The average Bonchev–Trinajstić information content (AvgIpc) is 2.30. The van der Waals surface area contributed by atoms with Crippen LogP contribution in [0, 0.1) is 0 Å². The van der Waals surface area contributed by atoms with E-state index < -0.39 is 0 Å². The maximum Gasteiger partial charge on any atom is 0.322 e. The summed E-state index contributed by atoms with van der Waals surface area (Å²) in [7, 11) is 0. The van der Waals surface area contributed by atoms with Crippen LogP contribution < -0.4 is 5.32 Å². The van der Waals surface area contributed by atoms with Crippen molar-refractivity contribution in [3.8, 4) is 0 Å². The quantitative estimate of drug-likeness (QED) is 0.772. The highest BCUT2D eigenvalue weighted by Crippen LogP contribution is 2.23. The third-order valence-corrected chi connectivity index (χ3v) is 2.48. The number of para-hydroxylation sites is 1. The van der Waals surface area contributed by atoms with Gasteiger partial charge in [0.2, 0.25) is 0 Å². The van der Waals surface area contributed by atoms with Gasteiger partial charge in [-0.15, -0.1) is 0 Å². The molecule has 0 saturated heterocycles. The van der Waals surface area contributed by atoms with Gasteiger partial charge in [-0.05, 0) is 25.5 Å². The van der Waals surface area contributed by atoms with E-state index in [1.165, 1.54) is 5.56 Å². The van der Waals surface area contributed by atoms with Gasteiger partial charge >= 0.3 is 6.03 Å². The van der Waals surface area contributed by atoms with Gasteiger partial charge in [-0.3, -0.25) is 0 Å². The zero-order valence-electron chi connectivity index (χ0n) is 10.4. The molecule has 0 aliphatic carbocycles. The van der Waals surface area contributed by atoms with Gasteiger partial charge in [-0.25, -0.2) is 4.79 Å². The molecule has 1 aromatic rings. The van der Waals surface area contributed by atoms with E-state index in [0.29, 0.717) is 6.54 Å². The standard InChI is InChI=1S/C11H14N2O.C2H6/c1-8(2)13-7-9-5-3-4-6-10(9)12-11(13)14;1-2/h3-6,8H,7H2,1-2H3,(H,12,14);1-2H3. The molecule has 2 amide bonds. The van der Waals surface area contributed by atoms with Crippen molar-refractivity contribution in [2.45, 2.75) is 40.3 Å². The van der Waals surface area contributed by atoms with Crippen LogP contribution in [0.3, 0.4) is 0 Å². The van der Waals surface area contributed by atoms with Crippen molar-refractivity contribution in [1.82, 2.24) is 4.90 Å². The molecule has 3 nitrogen and oxygen atoms in total. The molecule has 0 spiro atoms. The molecule has 2 rings (SSSR count). The molecule has 1 aliphatic rings. The molecule has 1 aliphatic heterocycles. The molecule has 16 heavy (non-hydrogen) atoms. The van der Waals surface area contributed by atoms with Gasteiger partial charge in [-0.1, -0.05) is 32.0 Å². The topological polar surface area (TPSA) is 32.3 Å². The lowest BCUT2D eigenvalue weighted by molar-refractivity contribution is 0.191. The normalized spacial score (nSPS) is 13.8. The molecule has 0 bridgehead atoms. The molecule has 1 heterocycles. The first-order valence-electron chi connectivity index (χ1n) is 5.84. The lowest BCUT2D eigenvalue weighted by Gasteiger charge is -2.32. The van der Waals surface area contributed by atoms with E-state index in [2.05, 4.69) is 5.32 Å². The number of anilines is 1. The molecule has 0 atom stereocenters. The van der Waals surface area contributed by atoms with Crippen LogP contribution in [0.5, 0.6) is 0 Å². The largest absolute Gasteiger partial charge is 0.322 e. The second-order valence-corrected chi connectivity index (χ2v) is 3.81. The Morgan fingerprint density at radius 3 is 2.50 bits per heavy atom. The Bertz CT molecular complexity index is 361. The number of fused-ring (bicyclic) bond motifs is 1. The molecule has 1 N–H and O–H groups in total. The molecular weight excluding hydrogens is 200 g/mol. The van der Waals surface area contributed by atoms with E-state index in [0.717, 1.165) is 5.69 Å². The summed E-state index contributed by atoms with van der Waals surface area (Å²) in [6.45, 7) is 8.75. The van der Waals surface area contributed by atoms with Crippen molar-refractivity contribution in [1.29, 1.82) is 0 Å². The van der Waals surface area contributed by atoms with Gasteiger partial charge in [0.1, 0.15) is 0 Å². The Morgan fingerprint density at radius 2 is 1.88 bits per heavy atom. The van der Waals surface area contributed by atoms with Crippen LogP contribution in [-0.2, 0) is 6.54 Å². The number of urea groups is 1. The molecule has 0 radical (unpaired) electrons. The van der Waals surface area contributed by atoms with E-state index in [-0.39, 0.29) is 12.1 Å². The van der Waals surface area contributed by atoms with Gasteiger partial charge in [0, 0.05) is 18.3 Å². The van der Waals surface area contributed by atoms with Crippen LogP contribution in [0.1, 0.15) is 33.3 Å². The summed E-state index contributed by atoms with van der Waals surface area (Å²) < 4.78 is 0. The van der Waals surface area contributed by atoms with Crippen LogP contribution in [-0.4, -0.2) is 17.0 Å². The summed E-state index contributed by atoms with van der Waals surface area (Å²) in [4.78, 5) is 13.4. The summed E-state index contributed by atoms with van der Waals surface area (Å²) >= 11 is 0. The van der Waals surface area contributed by atoms with Crippen molar-refractivity contribution < 1.29 is 4.79 Å². The maximum absolute atomic E-state index is 11.6.